The van der Waals surface area contributed by atoms with E-state index in [1.807, 2.05) is 6.07 Å². The second-order valence-corrected chi connectivity index (χ2v) is 9.12. The molecule has 1 atom stereocenters. The third-order valence-electron chi connectivity index (χ3n) is 6.44. The van der Waals surface area contributed by atoms with Crippen molar-refractivity contribution in [2.45, 2.75) is 38.5 Å². The summed E-state index contributed by atoms with van der Waals surface area (Å²) in [6.45, 7) is 1.74. The van der Waals surface area contributed by atoms with Crippen LogP contribution < -0.4 is 10.6 Å². The zero-order valence-electron chi connectivity index (χ0n) is 19.0. The Labute approximate surface area is 208 Å². The molecule has 0 aliphatic heterocycles. The van der Waals surface area contributed by atoms with Crippen molar-refractivity contribution >= 4 is 40.9 Å². The molecule has 1 aromatic heterocycles. The van der Waals surface area contributed by atoms with Gasteiger partial charge in [-0.05, 0) is 55.2 Å². The SMILES string of the molecule is C[C@@H](C(=O)O)[C@H]1CC[C@H](c2ccc(NC(=O)c3nnc(Nc4cc(F)c(F)cc4F)o3)cc2Cl)CC1. The maximum atomic E-state index is 13.8. The van der Waals surface area contributed by atoms with E-state index in [4.69, 9.17) is 16.0 Å². The van der Waals surface area contributed by atoms with Gasteiger partial charge in [0.05, 0.1) is 11.6 Å². The van der Waals surface area contributed by atoms with Gasteiger partial charge in [0.1, 0.15) is 5.82 Å². The van der Waals surface area contributed by atoms with Gasteiger partial charge in [0.25, 0.3) is 0 Å². The summed E-state index contributed by atoms with van der Waals surface area (Å²) in [6, 6.07) is 5.63. The fourth-order valence-corrected chi connectivity index (χ4v) is 4.69. The first kappa shape index (κ1) is 25.5. The number of anilines is 3. The van der Waals surface area contributed by atoms with Crippen molar-refractivity contribution in [2.75, 3.05) is 10.6 Å². The third-order valence-corrected chi connectivity index (χ3v) is 6.76. The number of benzene rings is 2. The number of nitrogens with one attached hydrogen (secondary N) is 2. The maximum Gasteiger partial charge on any atom is 0.320 e. The number of aromatic nitrogens is 2. The Bertz CT molecular complexity index is 1290. The lowest BCUT2D eigenvalue weighted by molar-refractivity contribution is -0.143. The van der Waals surface area contributed by atoms with E-state index in [9.17, 15) is 27.9 Å². The molecule has 0 bridgehead atoms. The number of nitrogens with zero attached hydrogens (tertiary/aromatic N) is 2. The van der Waals surface area contributed by atoms with Crippen LogP contribution in [0.1, 0.15) is 54.8 Å². The second-order valence-electron chi connectivity index (χ2n) is 8.71. The van der Waals surface area contributed by atoms with Gasteiger partial charge in [-0.3, -0.25) is 9.59 Å². The summed E-state index contributed by atoms with van der Waals surface area (Å²) in [4.78, 5) is 23.7. The van der Waals surface area contributed by atoms with Gasteiger partial charge in [-0.25, -0.2) is 13.2 Å². The first-order valence-electron chi connectivity index (χ1n) is 11.2. The molecule has 2 aromatic carbocycles. The molecular weight excluding hydrogens is 501 g/mol. The highest BCUT2D eigenvalue weighted by Crippen LogP contribution is 2.41. The molecule has 3 aromatic rings. The monoisotopic (exact) mass is 522 g/mol. The number of aliphatic carboxylic acids is 1. The van der Waals surface area contributed by atoms with E-state index in [0.29, 0.717) is 22.8 Å². The van der Waals surface area contributed by atoms with E-state index in [0.717, 1.165) is 31.2 Å². The summed E-state index contributed by atoms with van der Waals surface area (Å²) >= 11 is 6.48. The summed E-state index contributed by atoms with van der Waals surface area (Å²) in [5, 5.41) is 21.7. The van der Waals surface area contributed by atoms with Crippen LogP contribution in [0.5, 0.6) is 0 Å². The van der Waals surface area contributed by atoms with Crippen LogP contribution >= 0.6 is 11.6 Å². The van der Waals surface area contributed by atoms with Crippen LogP contribution in [0.4, 0.5) is 30.6 Å². The number of rotatable bonds is 7. The van der Waals surface area contributed by atoms with Crippen molar-refractivity contribution in [1.29, 1.82) is 0 Å². The third kappa shape index (κ3) is 5.62. The van der Waals surface area contributed by atoms with Crippen molar-refractivity contribution in [2.24, 2.45) is 11.8 Å². The van der Waals surface area contributed by atoms with Gasteiger partial charge in [0, 0.05) is 22.8 Å². The molecule has 190 valence electrons. The summed E-state index contributed by atoms with van der Waals surface area (Å²) in [5.41, 5.74) is 0.855. The summed E-state index contributed by atoms with van der Waals surface area (Å²) in [5.74, 6) is -5.75. The minimum absolute atomic E-state index is 0.142. The lowest BCUT2D eigenvalue weighted by atomic mass is 9.74. The summed E-state index contributed by atoms with van der Waals surface area (Å²) in [7, 11) is 0. The van der Waals surface area contributed by atoms with Crippen molar-refractivity contribution in [3.05, 3.63) is 64.3 Å². The zero-order valence-corrected chi connectivity index (χ0v) is 19.8. The highest BCUT2D eigenvalue weighted by Gasteiger charge is 2.30. The number of hydrogen-bond acceptors (Lipinski definition) is 6. The Hall–Kier alpha value is -3.60. The number of hydrogen-bond donors (Lipinski definition) is 3. The average molecular weight is 523 g/mol. The summed E-state index contributed by atoms with van der Waals surface area (Å²) < 4.78 is 45.3. The lowest BCUT2D eigenvalue weighted by Crippen LogP contribution is -2.25. The lowest BCUT2D eigenvalue weighted by Gasteiger charge is -2.31. The predicted octanol–water partition coefficient (Wildman–Crippen LogP) is 6.13. The van der Waals surface area contributed by atoms with E-state index in [-0.39, 0.29) is 17.8 Å². The normalized spacial score (nSPS) is 18.5. The van der Waals surface area contributed by atoms with Crippen molar-refractivity contribution < 1.29 is 32.3 Å². The molecule has 1 saturated carbocycles. The second kappa shape index (κ2) is 10.6. The van der Waals surface area contributed by atoms with E-state index < -0.39 is 46.9 Å². The maximum absolute atomic E-state index is 13.8. The van der Waals surface area contributed by atoms with Crippen LogP contribution in [-0.2, 0) is 4.79 Å². The molecule has 36 heavy (non-hydrogen) atoms. The molecule has 0 radical (unpaired) electrons. The van der Waals surface area contributed by atoms with E-state index in [1.54, 1.807) is 19.1 Å². The molecule has 1 fully saturated rings. The predicted molar refractivity (Wildman–Crippen MR) is 125 cm³/mol. The van der Waals surface area contributed by atoms with Gasteiger partial charge < -0.3 is 20.2 Å². The molecule has 1 aliphatic carbocycles. The minimum Gasteiger partial charge on any atom is -0.481 e. The first-order chi connectivity index (χ1) is 17.1. The van der Waals surface area contributed by atoms with Crippen molar-refractivity contribution in [3.63, 3.8) is 0 Å². The molecule has 0 spiro atoms. The molecule has 3 N–H and O–H groups in total. The number of carbonyl (C=O) groups excluding carboxylic acids is 1. The largest absolute Gasteiger partial charge is 0.481 e. The van der Waals surface area contributed by atoms with Crippen LogP contribution in [0.15, 0.2) is 34.7 Å². The Kier molecular flexibility index (Phi) is 7.48. The van der Waals surface area contributed by atoms with E-state index >= 15 is 0 Å². The molecule has 1 amide bonds. The Morgan fingerprint density at radius 3 is 2.42 bits per heavy atom. The molecule has 0 unspecified atom stereocenters. The smallest absolute Gasteiger partial charge is 0.320 e. The van der Waals surface area contributed by atoms with Gasteiger partial charge >= 0.3 is 23.8 Å². The average Bonchev–Trinajstić information content (AvgIpc) is 3.31. The highest BCUT2D eigenvalue weighted by atomic mass is 35.5. The molecule has 0 saturated heterocycles. The fourth-order valence-electron chi connectivity index (χ4n) is 4.35. The van der Waals surface area contributed by atoms with Gasteiger partial charge in [-0.1, -0.05) is 29.7 Å². The molecule has 12 heteroatoms. The van der Waals surface area contributed by atoms with Gasteiger partial charge in [-0.15, -0.1) is 5.10 Å². The zero-order chi connectivity index (χ0) is 26.0. The van der Waals surface area contributed by atoms with Crippen LogP contribution in [0.25, 0.3) is 0 Å². The van der Waals surface area contributed by atoms with Crippen LogP contribution in [0, 0.1) is 29.3 Å². The first-order valence-corrected chi connectivity index (χ1v) is 11.6. The molecular formula is C24H22ClF3N4O4. The molecule has 1 aliphatic rings. The van der Waals surface area contributed by atoms with Crippen LogP contribution in [-0.4, -0.2) is 27.2 Å². The Morgan fingerprint density at radius 1 is 1.06 bits per heavy atom. The Balaban J connectivity index is 1.38. The number of carbonyl (C=O) groups is 2. The van der Waals surface area contributed by atoms with Crippen molar-refractivity contribution in [1.82, 2.24) is 10.2 Å². The van der Waals surface area contributed by atoms with Crippen LogP contribution in [0.3, 0.4) is 0 Å². The van der Waals surface area contributed by atoms with E-state index in [1.165, 1.54) is 0 Å². The number of carboxylic acids is 1. The fraction of sp³-hybridized carbons (Fsp3) is 0.333. The number of amides is 1. The Morgan fingerprint density at radius 2 is 1.75 bits per heavy atom. The van der Waals surface area contributed by atoms with Gasteiger partial charge in [0.15, 0.2) is 11.6 Å². The molecule has 1 heterocycles. The standard InChI is InChI=1S/C24H22ClF3N4O4/c1-11(23(34)35)12-2-4-13(5-3-12)15-7-6-14(8-16(15)25)29-21(33)22-31-32-24(36-22)30-20-10-18(27)17(26)9-19(20)28/h6-13H,2-5H2,1H3,(H,29,33)(H,30,32)(H,34,35)/t11-,12-,13-/m1/s1. The summed E-state index contributed by atoms with van der Waals surface area (Å²) in [6.07, 6.45) is 3.25. The quantitative estimate of drug-likeness (QED) is 0.319. The topological polar surface area (TPSA) is 117 Å². The molecule has 4 rings (SSSR count). The highest BCUT2D eigenvalue weighted by molar-refractivity contribution is 6.31. The van der Waals surface area contributed by atoms with Gasteiger partial charge in [-0.2, -0.15) is 0 Å². The van der Waals surface area contributed by atoms with E-state index in [2.05, 4.69) is 20.8 Å². The number of halogens is 4. The minimum atomic E-state index is -1.35. The van der Waals surface area contributed by atoms with Crippen molar-refractivity contribution in [3.8, 4) is 0 Å². The number of carboxylic acid groups (broad SMARTS) is 1. The van der Waals surface area contributed by atoms with Gasteiger partial charge in [0.2, 0.25) is 0 Å². The molecule has 8 nitrogen and oxygen atoms in total. The van der Waals surface area contributed by atoms with Crippen LogP contribution in [0.2, 0.25) is 5.02 Å².